The Balaban J connectivity index is 1.61. The van der Waals surface area contributed by atoms with Gasteiger partial charge in [0.1, 0.15) is 12.4 Å². The number of amides is 1. The molecular formula is C23H28N4O2S. The molecule has 1 aromatic heterocycles. The lowest BCUT2D eigenvalue weighted by Gasteiger charge is -2.11. The first-order valence-electron chi connectivity index (χ1n) is 9.99. The van der Waals surface area contributed by atoms with Crippen LogP contribution in [0.5, 0.6) is 5.75 Å². The van der Waals surface area contributed by atoms with E-state index in [1.165, 1.54) is 17.3 Å². The molecule has 0 bridgehead atoms. The summed E-state index contributed by atoms with van der Waals surface area (Å²) in [5.41, 5.74) is 5.30. The van der Waals surface area contributed by atoms with Gasteiger partial charge in [-0.3, -0.25) is 4.79 Å². The molecule has 0 aliphatic carbocycles. The minimum atomic E-state index is -0.0641. The van der Waals surface area contributed by atoms with Crippen molar-refractivity contribution in [2.24, 2.45) is 0 Å². The van der Waals surface area contributed by atoms with E-state index in [2.05, 4.69) is 27.6 Å². The smallest absolute Gasteiger partial charge is 0.234 e. The predicted octanol–water partition coefficient (Wildman–Crippen LogP) is 4.84. The number of rotatable bonds is 8. The summed E-state index contributed by atoms with van der Waals surface area (Å²) in [5.74, 6) is 1.80. The van der Waals surface area contributed by atoms with Gasteiger partial charge in [0.25, 0.3) is 0 Å². The molecule has 0 saturated carbocycles. The molecule has 0 aliphatic heterocycles. The summed E-state index contributed by atoms with van der Waals surface area (Å²) in [6, 6.07) is 12.1. The molecule has 1 N–H and O–H groups in total. The Morgan fingerprint density at radius 1 is 1.03 bits per heavy atom. The van der Waals surface area contributed by atoms with Gasteiger partial charge in [0.15, 0.2) is 11.0 Å². The molecule has 2 aromatic carbocycles. The zero-order valence-corrected chi connectivity index (χ0v) is 19.0. The molecule has 3 rings (SSSR count). The standard InChI is InChI=1S/C23H28N4O2S/c1-6-27-21(13-29-20-12-16(3)7-9-17(20)4)25-26-23(27)30-14-22(28)24-19-10-8-15(2)11-18(19)5/h7-12H,6,13-14H2,1-5H3,(H,24,28). The largest absolute Gasteiger partial charge is 0.485 e. The number of aryl methyl sites for hydroxylation is 4. The van der Waals surface area contributed by atoms with Crippen LogP contribution in [0.1, 0.15) is 35.0 Å². The van der Waals surface area contributed by atoms with Gasteiger partial charge in [0, 0.05) is 12.2 Å². The van der Waals surface area contributed by atoms with E-state index >= 15 is 0 Å². The molecule has 0 unspecified atom stereocenters. The van der Waals surface area contributed by atoms with Gasteiger partial charge in [-0.1, -0.05) is 41.6 Å². The van der Waals surface area contributed by atoms with Crippen molar-refractivity contribution in [1.29, 1.82) is 0 Å². The van der Waals surface area contributed by atoms with Crippen molar-refractivity contribution in [2.75, 3.05) is 11.1 Å². The average Bonchev–Trinajstić information content (AvgIpc) is 3.11. The van der Waals surface area contributed by atoms with Crippen molar-refractivity contribution in [1.82, 2.24) is 14.8 Å². The van der Waals surface area contributed by atoms with Crippen LogP contribution in [0.15, 0.2) is 41.6 Å². The first-order chi connectivity index (χ1) is 14.4. The molecule has 158 valence electrons. The van der Waals surface area contributed by atoms with E-state index in [1.54, 1.807) is 0 Å². The maximum Gasteiger partial charge on any atom is 0.234 e. The summed E-state index contributed by atoms with van der Waals surface area (Å²) in [6.07, 6.45) is 0. The normalized spacial score (nSPS) is 10.8. The highest BCUT2D eigenvalue weighted by Crippen LogP contribution is 2.22. The molecule has 0 spiro atoms. The van der Waals surface area contributed by atoms with Crippen molar-refractivity contribution in [3.8, 4) is 5.75 Å². The minimum Gasteiger partial charge on any atom is -0.485 e. The van der Waals surface area contributed by atoms with Gasteiger partial charge < -0.3 is 14.6 Å². The lowest BCUT2D eigenvalue weighted by atomic mass is 10.1. The maximum atomic E-state index is 12.4. The van der Waals surface area contributed by atoms with Crippen molar-refractivity contribution in [3.63, 3.8) is 0 Å². The van der Waals surface area contributed by atoms with E-state index in [9.17, 15) is 4.79 Å². The van der Waals surface area contributed by atoms with Gasteiger partial charge in [-0.05, 0) is 63.4 Å². The van der Waals surface area contributed by atoms with E-state index in [0.717, 1.165) is 34.0 Å². The zero-order valence-electron chi connectivity index (χ0n) is 18.2. The van der Waals surface area contributed by atoms with Gasteiger partial charge in [-0.15, -0.1) is 10.2 Å². The Morgan fingerprint density at radius 3 is 2.50 bits per heavy atom. The number of carbonyl (C=O) groups excluding carboxylic acids is 1. The van der Waals surface area contributed by atoms with Crippen molar-refractivity contribution >= 4 is 23.4 Å². The number of carbonyl (C=O) groups is 1. The third kappa shape index (κ3) is 5.42. The van der Waals surface area contributed by atoms with Gasteiger partial charge >= 0.3 is 0 Å². The molecule has 1 heterocycles. The van der Waals surface area contributed by atoms with Crippen LogP contribution >= 0.6 is 11.8 Å². The number of aromatic nitrogens is 3. The van der Waals surface area contributed by atoms with E-state index in [1.807, 2.05) is 63.5 Å². The molecule has 0 saturated heterocycles. The summed E-state index contributed by atoms with van der Waals surface area (Å²) in [5, 5.41) is 12.2. The second-order valence-corrected chi connectivity index (χ2v) is 8.30. The van der Waals surface area contributed by atoms with Crippen LogP contribution in [0, 0.1) is 27.7 Å². The van der Waals surface area contributed by atoms with Crippen molar-refractivity contribution < 1.29 is 9.53 Å². The van der Waals surface area contributed by atoms with Crippen LogP contribution < -0.4 is 10.1 Å². The van der Waals surface area contributed by atoms with Gasteiger partial charge in [0.05, 0.1) is 5.75 Å². The predicted molar refractivity (Wildman–Crippen MR) is 121 cm³/mol. The quantitative estimate of drug-likeness (QED) is 0.524. The SMILES string of the molecule is CCn1c(COc2cc(C)ccc2C)nnc1SCC(=O)Nc1ccc(C)cc1C. The number of nitrogens with zero attached hydrogens (tertiary/aromatic N) is 3. The highest BCUT2D eigenvalue weighted by molar-refractivity contribution is 7.99. The lowest BCUT2D eigenvalue weighted by Crippen LogP contribution is -2.15. The number of hydrogen-bond donors (Lipinski definition) is 1. The first-order valence-corrected chi connectivity index (χ1v) is 11.0. The fourth-order valence-electron chi connectivity index (χ4n) is 3.13. The molecule has 7 heteroatoms. The third-order valence-electron chi connectivity index (χ3n) is 4.80. The molecule has 30 heavy (non-hydrogen) atoms. The fourth-order valence-corrected chi connectivity index (χ4v) is 3.95. The Labute approximate surface area is 182 Å². The molecule has 0 aliphatic rings. The highest BCUT2D eigenvalue weighted by Gasteiger charge is 2.14. The Kier molecular flexibility index (Phi) is 7.15. The minimum absolute atomic E-state index is 0.0641. The molecule has 3 aromatic rings. The lowest BCUT2D eigenvalue weighted by molar-refractivity contribution is -0.113. The number of hydrogen-bond acceptors (Lipinski definition) is 5. The molecule has 0 radical (unpaired) electrons. The second kappa shape index (κ2) is 9.80. The summed E-state index contributed by atoms with van der Waals surface area (Å²) in [7, 11) is 0. The molecule has 6 nitrogen and oxygen atoms in total. The van der Waals surface area contributed by atoms with Crippen LogP contribution in [0.2, 0.25) is 0 Å². The topological polar surface area (TPSA) is 69.0 Å². The maximum absolute atomic E-state index is 12.4. The van der Waals surface area contributed by atoms with Crippen molar-refractivity contribution in [2.45, 2.75) is 52.9 Å². The number of benzene rings is 2. The van der Waals surface area contributed by atoms with Crippen molar-refractivity contribution in [3.05, 3.63) is 64.5 Å². The number of anilines is 1. The van der Waals surface area contributed by atoms with E-state index in [0.29, 0.717) is 18.3 Å². The first kappa shape index (κ1) is 21.9. The summed E-state index contributed by atoms with van der Waals surface area (Å²) in [4.78, 5) is 12.4. The van der Waals surface area contributed by atoms with Gasteiger partial charge in [0.2, 0.25) is 5.91 Å². The van der Waals surface area contributed by atoms with Crippen LogP contribution in [-0.2, 0) is 17.9 Å². The molecule has 0 fully saturated rings. The Bertz CT molecular complexity index is 1050. The van der Waals surface area contributed by atoms with Gasteiger partial charge in [-0.2, -0.15) is 0 Å². The zero-order chi connectivity index (χ0) is 21.7. The molecular weight excluding hydrogens is 396 g/mol. The van der Waals surface area contributed by atoms with E-state index < -0.39 is 0 Å². The molecule has 1 amide bonds. The highest BCUT2D eigenvalue weighted by atomic mass is 32.2. The Hall–Kier alpha value is -2.80. The van der Waals surface area contributed by atoms with Crippen LogP contribution in [0.4, 0.5) is 5.69 Å². The fraction of sp³-hybridized carbons (Fsp3) is 0.348. The average molecular weight is 425 g/mol. The van der Waals surface area contributed by atoms with Crippen LogP contribution in [-0.4, -0.2) is 26.4 Å². The third-order valence-corrected chi connectivity index (χ3v) is 5.77. The van der Waals surface area contributed by atoms with Crippen LogP contribution in [0.25, 0.3) is 0 Å². The van der Waals surface area contributed by atoms with Crippen LogP contribution in [0.3, 0.4) is 0 Å². The van der Waals surface area contributed by atoms with Gasteiger partial charge in [-0.25, -0.2) is 0 Å². The molecule has 0 atom stereocenters. The van der Waals surface area contributed by atoms with E-state index in [4.69, 9.17) is 4.74 Å². The Morgan fingerprint density at radius 2 is 1.77 bits per heavy atom. The summed E-state index contributed by atoms with van der Waals surface area (Å²) in [6.45, 7) is 11.2. The monoisotopic (exact) mass is 424 g/mol. The number of nitrogens with one attached hydrogen (secondary N) is 1. The van der Waals surface area contributed by atoms with E-state index in [-0.39, 0.29) is 11.7 Å². The number of thioether (sulfide) groups is 1. The summed E-state index contributed by atoms with van der Waals surface area (Å²) >= 11 is 1.38. The summed E-state index contributed by atoms with van der Waals surface area (Å²) < 4.78 is 7.96. The second-order valence-electron chi connectivity index (χ2n) is 7.36. The number of ether oxygens (including phenoxy) is 1.